The molecule has 0 aromatic carbocycles. The molecule has 2 N–H and O–H groups in total. The number of hydrogen-bond donors (Lipinski definition) is 1. The van der Waals surface area contributed by atoms with Crippen molar-refractivity contribution in [3.05, 3.63) is 29.6 Å². The van der Waals surface area contributed by atoms with E-state index in [0.717, 1.165) is 18.7 Å². The molecule has 0 aliphatic heterocycles. The highest BCUT2D eigenvalue weighted by Crippen LogP contribution is 2.07. The van der Waals surface area contributed by atoms with Gasteiger partial charge in [-0.15, -0.1) is 0 Å². The largest absolute Gasteiger partial charge is 0.342 e. The van der Waals surface area contributed by atoms with Crippen molar-refractivity contribution >= 4 is 5.91 Å². The second-order valence-electron chi connectivity index (χ2n) is 4.65. The van der Waals surface area contributed by atoms with Gasteiger partial charge in [-0.2, -0.15) is 0 Å². The summed E-state index contributed by atoms with van der Waals surface area (Å²) in [5.41, 5.74) is 6.91. The quantitative estimate of drug-likeness (QED) is 0.844. The molecule has 1 rings (SSSR count). The minimum Gasteiger partial charge on any atom is -0.342 e. The van der Waals surface area contributed by atoms with Gasteiger partial charge in [0.2, 0.25) is 0 Å². The molecule has 1 aromatic rings. The van der Waals surface area contributed by atoms with E-state index >= 15 is 0 Å². The monoisotopic (exact) mass is 235 g/mol. The average molecular weight is 235 g/mol. The Hall–Kier alpha value is -1.42. The van der Waals surface area contributed by atoms with E-state index in [1.807, 2.05) is 7.05 Å². The maximum absolute atomic E-state index is 12.1. The molecule has 0 aliphatic rings. The summed E-state index contributed by atoms with van der Waals surface area (Å²) in [7, 11) is 1.83. The fourth-order valence-electron chi connectivity index (χ4n) is 1.50. The van der Waals surface area contributed by atoms with Crippen LogP contribution in [0.3, 0.4) is 0 Å². The number of rotatable bonds is 5. The number of amides is 1. The first-order valence-corrected chi connectivity index (χ1v) is 5.95. The molecular weight excluding hydrogens is 214 g/mol. The Labute approximate surface area is 103 Å². The number of hydrogen-bond acceptors (Lipinski definition) is 3. The van der Waals surface area contributed by atoms with Gasteiger partial charge in [-0.05, 0) is 24.5 Å². The van der Waals surface area contributed by atoms with Gasteiger partial charge < -0.3 is 10.6 Å². The van der Waals surface area contributed by atoms with Gasteiger partial charge in [0.1, 0.15) is 0 Å². The summed E-state index contributed by atoms with van der Waals surface area (Å²) in [6, 6.07) is 3.49. The molecular formula is C13H21N3O. The standard InChI is InChI=1S/C13H21N3O/c1-10(2)5-7-16(3)13(17)11-4-6-15-12(8-11)9-14/h4,6,8,10H,5,7,9,14H2,1-3H3. The topological polar surface area (TPSA) is 59.2 Å². The molecule has 1 aromatic heterocycles. The number of pyridine rings is 1. The summed E-state index contributed by atoms with van der Waals surface area (Å²) >= 11 is 0. The minimum absolute atomic E-state index is 0.0303. The molecule has 4 heteroatoms. The van der Waals surface area contributed by atoms with E-state index in [0.29, 0.717) is 18.0 Å². The molecule has 0 saturated carbocycles. The number of nitrogens with zero attached hydrogens (tertiary/aromatic N) is 2. The lowest BCUT2D eigenvalue weighted by molar-refractivity contribution is 0.0789. The summed E-state index contributed by atoms with van der Waals surface area (Å²) < 4.78 is 0. The second kappa shape index (κ2) is 6.35. The van der Waals surface area contributed by atoms with Gasteiger partial charge in [-0.1, -0.05) is 13.8 Å². The van der Waals surface area contributed by atoms with Crippen LogP contribution in [0.1, 0.15) is 36.3 Å². The van der Waals surface area contributed by atoms with Gasteiger partial charge in [0.05, 0.1) is 5.69 Å². The molecule has 1 heterocycles. The third-order valence-corrected chi connectivity index (χ3v) is 2.66. The first kappa shape index (κ1) is 13.6. The van der Waals surface area contributed by atoms with Crippen molar-refractivity contribution in [2.75, 3.05) is 13.6 Å². The van der Waals surface area contributed by atoms with Gasteiger partial charge in [0, 0.05) is 31.9 Å². The summed E-state index contributed by atoms with van der Waals surface area (Å²) in [6.07, 6.45) is 2.64. The van der Waals surface area contributed by atoms with E-state index in [1.54, 1.807) is 23.2 Å². The number of carbonyl (C=O) groups excluding carboxylic acids is 1. The highest BCUT2D eigenvalue weighted by Gasteiger charge is 2.12. The Morgan fingerprint density at radius 1 is 1.53 bits per heavy atom. The number of aromatic nitrogens is 1. The van der Waals surface area contributed by atoms with Crippen LogP contribution in [-0.2, 0) is 6.54 Å². The van der Waals surface area contributed by atoms with E-state index in [4.69, 9.17) is 5.73 Å². The van der Waals surface area contributed by atoms with Crippen LogP contribution in [-0.4, -0.2) is 29.4 Å². The lowest BCUT2D eigenvalue weighted by atomic mass is 10.1. The molecule has 0 bridgehead atoms. The Bertz CT molecular complexity index is 377. The number of nitrogens with two attached hydrogens (primary N) is 1. The van der Waals surface area contributed by atoms with Crippen LogP contribution in [0.2, 0.25) is 0 Å². The van der Waals surface area contributed by atoms with E-state index in [-0.39, 0.29) is 5.91 Å². The first-order valence-electron chi connectivity index (χ1n) is 5.95. The molecule has 0 fully saturated rings. The molecule has 0 atom stereocenters. The molecule has 1 amide bonds. The van der Waals surface area contributed by atoms with Crippen LogP contribution in [0.5, 0.6) is 0 Å². The third kappa shape index (κ3) is 4.15. The van der Waals surface area contributed by atoms with Gasteiger partial charge in [-0.3, -0.25) is 9.78 Å². The molecule has 0 radical (unpaired) electrons. The van der Waals surface area contributed by atoms with Crippen LogP contribution < -0.4 is 5.73 Å². The van der Waals surface area contributed by atoms with Crippen molar-refractivity contribution in [1.82, 2.24) is 9.88 Å². The number of carbonyl (C=O) groups is 1. The molecule has 17 heavy (non-hydrogen) atoms. The summed E-state index contributed by atoms with van der Waals surface area (Å²) in [4.78, 5) is 17.9. The molecule has 0 spiro atoms. The van der Waals surface area contributed by atoms with E-state index in [2.05, 4.69) is 18.8 Å². The van der Waals surface area contributed by atoms with Gasteiger partial charge >= 0.3 is 0 Å². The average Bonchev–Trinajstić information content (AvgIpc) is 2.35. The molecule has 0 unspecified atom stereocenters. The Morgan fingerprint density at radius 2 is 2.24 bits per heavy atom. The first-order chi connectivity index (χ1) is 8.04. The predicted molar refractivity (Wildman–Crippen MR) is 68.5 cm³/mol. The molecule has 0 saturated heterocycles. The second-order valence-corrected chi connectivity index (χ2v) is 4.65. The zero-order chi connectivity index (χ0) is 12.8. The molecule has 0 aliphatic carbocycles. The molecule has 94 valence electrons. The highest BCUT2D eigenvalue weighted by atomic mass is 16.2. The lowest BCUT2D eigenvalue weighted by Crippen LogP contribution is -2.28. The van der Waals surface area contributed by atoms with E-state index < -0.39 is 0 Å². The highest BCUT2D eigenvalue weighted by molar-refractivity contribution is 5.94. The van der Waals surface area contributed by atoms with Crippen LogP contribution in [0.4, 0.5) is 0 Å². The van der Waals surface area contributed by atoms with E-state index in [9.17, 15) is 4.79 Å². The maximum atomic E-state index is 12.1. The van der Waals surface area contributed by atoms with Crippen LogP contribution in [0, 0.1) is 5.92 Å². The predicted octanol–water partition coefficient (Wildman–Crippen LogP) is 1.66. The Kier molecular flexibility index (Phi) is 5.10. The van der Waals surface area contributed by atoms with Crippen molar-refractivity contribution in [2.45, 2.75) is 26.8 Å². The van der Waals surface area contributed by atoms with Crippen LogP contribution in [0.25, 0.3) is 0 Å². The van der Waals surface area contributed by atoms with Crippen molar-refractivity contribution in [1.29, 1.82) is 0 Å². The fraction of sp³-hybridized carbons (Fsp3) is 0.538. The van der Waals surface area contributed by atoms with Crippen LogP contribution >= 0.6 is 0 Å². The van der Waals surface area contributed by atoms with Crippen molar-refractivity contribution in [3.63, 3.8) is 0 Å². The normalized spacial score (nSPS) is 10.6. The summed E-state index contributed by atoms with van der Waals surface area (Å²) in [5, 5.41) is 0. The fourth-order valence-corrected chi connectivity index (χ4v) is 1.50. The van der Waals surface area contributed by atoms with Gasteiger partial charge in [-0.25, -0.2) is 0 Å². The van der Waals surface area contributed by atoms with Crippen molar-refractivity contribution < 1.29 is 4.79 Å². The van der Waals surface area contributed by atoms with Crippen LogP contribution in [0.15, 0.2) is 18.3 Å². The summed E-state index contributed by atoms with van der Waals surface area (Å²) in [5.74, 6) is 0.630. The van der Waals surface area contributed by atoms with E-state index in [1.165, 1.54) is 0 Å². The van der Waals surface area contributed by atoms with Crippen molar-refractivity contribution in [3.8, 4) is 0 Å². The van der Waals surface area contributed by atoms with Gasteiger partial charge in [0.15, 0.2) is 0 Å². The van der Waals surface area contributed by atoms with Crippen molar-refractivity contribution in [2.24, 2.45) is 11.7 Å². The zero-order valence-electron chi connectivity index (χ0n) is 10.8. The molecule has 4 nitrogen and oxygen atoms in total. The maximum Gasteiger partial charge on any atom is 0.253 e. The zero-order valence-corrected chi connectivity index (χ0v) is 10.8. The third-order valence-electron chi connectivity index (χ3n) is 2.66. The Morgan fingerprint density at radius 3 is 2.82 bits per heavy atom. The lowest BCUT2D eigenvalue weighted by Gasteiger charge is -2.18. The Balaban J connectivity index is 2.67. The summed E-state index contributed by atoms with van der Waals surface area (Å²) in [6.45, 7) is 5.43. The minimum atomic E-state index is 0.0303. The van der Waals surface area contributed by atoms with Gasteiger partial charge in [0.25, 0.3) is 5.91 Å². The smallest absolute Gasteiger partial charge is 0.253 e. The SMILES string of the molecule is CC(C)CCN(C)C(=O)c1ccnc(CN)c1.